The smallest absolute Gasteiger partial charge is 0.287 e. The maximum Gasteiger partial charge on any atom is 0.287 e. The molecule has 3 aliphatic rings. The Labute approximate surface area is 125 Å². The summed E-state index contributed by atoms with van der Waals surface area (Å²) in [5.41, 5.74) is 1.03. The second-order valence-electron chi connectivity index (χ2n) is 6.46. The highest BCUT2D eigenvalue weighted by Gasteiger charge is 2.63. The second-order valence-corrected chi connectivity index (χ2v) is 6.46. The lowest BCUT2D eigenvalue weighted by atomic mass is 9.85. The van der Waals surface area contributed by atoms with Crippen LogP contribution in [0.3, 0.4) is 0 Å². The fraction of sp³-hybridized carbons (Fsp3) is 0.529. The Hall–Kier alpha value is -1.84. The molecular formula is C17H21N2O2+. The van der Waals surface area contributed by atoms with Crippen molar-refractivity contribution in [3.63, 3.8) is 0 Å². The Kier molecular flexibility index (Phi) is 2.81. The number of hydrogen-bond acceptors (Lipinski definition) is 2. The molecular weight excluding hydrogens is 264 g/mol. The number of rotatable bonds is 2. The van der Waals surface area contributed by atoms with Crippen LogP contribution >= 0.6 is 0 Å². The van der Waals surface area contributed by atoms with E-state index < -0.39 is 0 Å². The van der Waals surface area contributed by atoms with Crippen LogP contribution in [0.25, 0.3) is 0 Å². The van der Waals surface area contributed by atoms with Crippen molar-refractivity contribution in [1.29, 1.82) is 0 Å². The number of hydrogen-bond donors (Lipinski definition) is 0. The summed E-state index contributed by atoms with van der Waals surface area (Å²) in [6.07, 6.45) is 5.81. The second kappa shape index (κ2) is 4.58. The van der Waals surface area contributed by atoms with Gasteiger partial charge in [-0.25, -0.2) is 0 Å². The Balaban J connectivity index is 1.77. The summed E-state index contributed by atoms with van der Waals surface area (Å²) in [6, 6.07) is 8.32. The molecule has 0 spiro atoms. The van der Waals surface area contributed by atoms with Crippen molar-refractivity contribution in [3.8, 4) is 5.75 Å². The Morgan fingerprint density at radius 2 is 2.05 bits per heavy atom. The average Bonchev–Trinajstić information content (AvgIpc) is 3.17. The molecule has 4 heteroatoms. The number of carbonyl (C=O) groups is 1. The normalized spacial score (nSPS) is 35.6. The number of ether oxygens (including phenoxy) is 1. The van der Waals surface area contributed by atoms with Gasteiger partial charge in [0, 0.05) is 5.92 Å². The van der Waals surface area contributed by atoms with E-state index in [1.165, 1.54) is 19.3 Å². The molecule has 4 atom stereocenters. The molecule has 110 valence electrons. The minimum Gasteiger partial charge on any atom is -0.496 e. The maximum atomic E-state index is 12.6. The lowest BCUT2D eigenvalue weighted by molar-refractivity contribution is -0.680. The van der Waals surface area contributed by atoms with Crippen molar-refractivity contribution in [2.24, 2.45) is 17.8 Å². The molecule has 2 aliphatic carbocycles. The predicted molar refractivity (Wildman–Crippen MR) is 79.3 cm³/mol. The SMILES string of the molecule is COc1ccccc1/C=[N+]1/[C@@H]2[C@H]3CC[C@H](C3)[C@@H]2C(=O)N1C. The van der Waals surface area contributed by atoms with Crippen LogP contribution in [0.2, 0.25) is 0 Å². The molecule has 3 fully saturated rings. The van der Waals surface area contributed by atoms with Crippen molar-refractivity contribution in [1.82, 2.24) is 5.01 Å². The largest absolute Gasteiger partial charge is 0.496 e. The first kappa shape index (κ1) is 12.9. The third-order valence-electron chi connectivity index (χ3n) is 5.54. The molecule has 2 bridgehead atoms. The topological polar surface area (TPSA) is 32.6 Å². The summed E-state index contributed by atoms with van der Waals surface area (Å²) in [6.45, 7) is 0. The van der Waals surface area contributed by atoms with Crippen LogP contribution in [0.5, 0.6) is 5.75 Å². The third kappa shape index (κ3) is 1.74. The zero-order valence-corrected chi connectivity index (χ0v) is 12.5. The quantitative estimate of drug-likeness (QED) is 0.778. The van der Waals surface area contributed by atoms with Crippen LogP contribution in [0.15, 0.2) is 24.3 Å². The number of methoxy groups -OCH3 is 1. The lowest BCUT2D eigenvalue weighted by Gasteiger charge is -2.17. The van der Waals surface area contributed by atoms with Crippen molar-refractivity contribution in [3.05, 3.63) is 29.8 Å². The average molecular weight is 285 g/mol. The van der Waals surface area contributed by atoms with Crippen LogP contribution in [-0.2, 0) is 4.79 Å². The summed E-state index contributed by atoms with van der Waals surface area (Å²) in [5.74, 6) is 2.62. The number of para-hydroxylation sites is 1. The van der Waals surface area contributed by atoms with E-state index in [0.29, 0.717) is 23.8 Å². The molecule has 0 N–H and O–H groups in total. The minimum atomic E-state index is 0.208. The number of amides is 1. The molecule has 1 saturated heterocycles. The molecule has 21 heavy (non-hydrogen) atoms. The van der Waals surface area contributed by atoms with Crippen LogP contribution in [0, 0.1) is 17.8 Å². The van der Waals surface area contributed by atoms with Crippen molar-refractivity contribution in [2.45, 2.75) is 25.3 Å². The molecule has 1 aromatic carbocycles. The molecule has 4 rings (SSSR count). The van der Waals surface area contributed by atoms with Gasteiger partial charge in [-0.15, -0.1) is 9.69 Å². The summed E-state index contributed by atoms with van der Waals surface area (Å²) in [7, 11) is 3.58. The number of benzene rings is 1. The zero-order chi connectivity index (χ0) is 14.6. The predicted octanol–water partition coefficient (Wildman–Crippen LogP) is 1.93. The van der Waals surface area contributed by atoms with E-state index in [1.54, 1.807) is 7.11 Å². The summed E-state index contributed by atoms with van der Waals surface area (Å²) in [5, 5.41) is 1.81. The first-order valence-corrected chi connectivity index (χ1v) is 7.74. The van der Waals surface area contributed by atoms with E-state index in [-0.39, 0.29) is 5.92 Å². The number of nitrogens with zero attached hydrogens (tertiary/aromatic N) is 2. The Morgan fingerprint density at radius 3 is 2.86 bits per heavy atom. The third-order valence-corrected chi connectivity index (χ3v) is 5.54. The molecule has 0 radical (unpaired) electrons. The highest BCUT2D eigenvalue weighted by atomic mass is 16.5. The van der Waals surface area contributed by atoms with Gasteiger partial charge in [-0.05, 0) is 37.3 Å². The first-order valence-electron chi connectivity index (χ1n) is 7.74. The van der Waals surface area contributed by atoms with E-state index in [0.717, 1.165) is 11.3 Å². The first-order chi connectivity index (χ1) is 10.2. The van der Waals surface area contributed by atoms with Gasteiger partial charge >= 0.3 is 0 Å². The van der Waals surface area contributed by atoms with Crippen molar-refractivity contribution >= 4 is 12.1 Å². The van der Waals surface area contributed by atoms with Gasteiger partial charge in [0.25, 0.3) is 5.91 Å². The van der Waals surface area contributed by atoms with Gasteiger partial charge in [-0.1, -0.05) is 12.1 Å². The van der Waals surface area contributed by atoms with Crippen LogP contribution in [0.1, 0.15) is 24.8 Å². The number of fused-ring (bicyclic) bond motifs is 5. The maximum absolute atomic E-state index is 12.6. The highest BCUT2D eigenvalue weighted by molar-refractivity contribution is 5.84. The van der Waals surface area contributed by atoms with Gasteiger partial charge in [0.15, 0.2) is 6.04 Å². The van der Waals surface area contributed by atoms with Gasteiger partial charge in [0.2, 0.25) is 6.21 Å². The summed E-state index contributed by atoms with van der Waals surface area (Å²) < 4.78 is 7.59. The van der Waals surface area contributed by atoms with E-state index in [2.05, 4.69) is 10.9 Å². The number of hydrazone groups is 1. The van der Waals surface area contributed by atoms with Gasteiger partial charge in [-0.2, -0.15) is 0 Å². The van der Waals surface area contributed by atoms with Gasteiger partial charge in [-0.3, -0.25) is 4.79 Å². The molecule has 4 nitrogen and oxygen atoms in total. The minimum absolute atomic E-state index is 0.208. The standard InChI is InChI=1S/C17H21N2O2/c1-18-17(20)15-11-7-8-12(9-11)16(15)19(18)10-13-5-3-4-6-14(13)21-2/h3-6,10-12,15-16H,7-9H2,1-2H3/q+1/b19-10-/t11-,12+,15+,16-/m1/s1. The zero-order valence-electron chi connectivity index (χ0n) is 12.5. The monoisotopic (exact) mass is 285 g/mol. The van der Waals surface area contributed by atoms with Gasteiger partial charge < -0.3 is 4.74 Å². The Morgan fingerprint density at radius 1 is 1.29 bits per heavy atom. The van der Waals surface area contributed by atoms with Gasteiger partial charge in [0.1, 0.15) is 11.7 Å². The van der Waals surface area contributed by atoms with Crippen molar-refractivity contribution in [2.75, 3.05) is 14.2 Å². The molecule has 0 aromatic heterocycles. The van der Waals surface area contributed by atoms with Crippen LogP contribution in [0.4, 0.5) is 0 Å². The molecule has 1 aliphatic heterocycles. The molecule has 1 heterocycles. The molecule has 1 amide bonds. The Bertz CT molecular complexity index is 625. The molecule has 1 aromatic rings. The number of hydrazine groups is 1. The lowest BCUT2D eigenvalue weighted by Crippen LogP contribution is -2.35. The van der Waals surface area contributed by atoms with E-state index in [4.69, 9.17) is 4.74 Å². The van der Waals surface area contributed by atoms with E-state index >= 15 is 0 Å². The summed E-state index contributed by atoms with van der Waals surface area (Å²) >= 11 is 0. The van der Waals surface area contributed by atoms with E-state index in [1.807, 2.05) is 36.3 Å². The fourth-order valence-corrected chi connectivity index (χ4v) is 4.61. The number of carbonyl (C=O) groups excluding carboxylic acids is 1. The van der Waals surface area contributed by atoms with Crippen LogP contribution in [-0.4, -0.2) is 42.0 Å². The summed E-state index contributed by atoms with van der Waals surface area (Å²) in [4.78, 5) is 12.6. The van der Waals surface area contributed by atoms with E-state index in [9.17, 15) is 4.79 Å². The molecule has 0 unspecified atom stereocenters. The van der Waals surface area contributed by atoms with Crippen LogP contribution < -0.4 is 4.74 Å². The van der Waals surface area contributed by atoms with Gasteiger partial charge in [0.05, 0.1) is 19.7 Å². The highest BCUT2D eigenvalue weighted by Crippen LogP contribution is 2.52. The van der Waals surface area contributed by atoms with Crippen molar-refractivity contribution < 1.29 is 14.2 Å². The fourth-order valence-electron chi connectivity index (χ4n) is 4.61. The molecule has 2 saturated carbocycles.